The van der Waals surface area contributed by atoms with Crippen LogP contribution in [0.25, 0.3) is 0 Å². The molecule has 0 heterocycles. The first-order valence-corrected chi connectivity index (χ1v) is 7.39. The average Bonchev–Trinajstić information content (AvgIpc) is 2.55. The molecular weight excluding hydrogens is 295 g/mol. The smallest absolute Gasteiger partial charge is 0.238 e. The van der Waals surface area contributed by atoms with Crippen molar-refractivity contribution in [3.8, 4) is 5.75 Å². The lowest BCUT2D eigenvalue weighted by Gasteiger charge is -2.24. The topological polar surface area (TPSA) is 41.6 Å². The minimum absolute atomic E-state index is 0.0113. The zero-order chi connectivity index (χ0) is 16.8. The molecule has 0 aromatic heterocycles. The van der Waals surface area contributed by atoms with E-state index in [1.807, 2.05) is 18.9 Å². The fourth-order valence-corrected chi connectivity index (χ4v) is 2.23. The van der Waals surface area contributed by atoms with E-state index in [0.717, 1.165) is 17.0 Å². The first-order valence-electron chi connectivity index (χ1n) is 7.39. The third kappa shape index (κ3) is 4.79. The van der Waals surface area contributed by atoms with E-state index in [2.05, 4.69) is 5.32 Å². The molecule has 2 aromatic carbocycles. The number of halogens is 1. The molecule has 5 heteroatoms. The van der Waals surface area contributed by atoms with E-state index in [-0.39, 0.29) is 24.3 Å². The van der Waals surface area contributed by atoms with Crippen molar-refractivity contribution in [3.63, 3.8) is 0 Å². The van der Waals surface area contributed by atoms with Gasteiger partial charge in [0.15, 0.2) is 0 Å². The number of nitrogens with zero attached hydrogens (tertiary/aromatic N) is 1. The molecule has 1 atom stereocenters. The van der Waals surface area contributed by atoms with Gasteiger partial charge in [-0.1, -0.05) is 12.1 Å². The number of likely N-dealkylation sites (N-methyl/N-ethyl adjacent to an activating group) is 1. The SMILES string of the molecule is COc1ccc(NC(=O)CN(C)C(C)c2ccc(F)cc2)cc1. The van der Waals surface area contributed by atoms with Crippen LogP contribution in [0.15, 0.2) is 48.5 Å². The molecule has 2 rings (SSSR count). The lowest BCUT2D eigenvalue weighted by Crippen LogP contribution is -2.32. The van der Waals surface area contributed by atoms with Crippen molar-refractivity contribution >= 4 is 11.6 Å². The Morgan fingerprint density at radius 2 is 1.78 bits per heavy atom. The molecule has 0 saturated carbocycles. The second kappa shape index (κ2) is 7.74. The number of ether oxygens (including phenoxy) is 1. The Labute approximate surface area is 135 Å². The highest BCUT2D eigenvalue weighted by atomic mass is 19.1. The Morgan fingerprint density at radius 3 is 2.35 bits per heavy atom. The van der Waals surface area contributed by atoms with Gasteiger partial charge in [0.25, 0.3) is 0 Å². The van der Waals surface area contributed by atoms with Crippen molar-refractivity contribution in [2.75, 3.05) is 26.0 Å². The number of anilines is 1. The molecule has 0 aliphatic heterocycles. The molecule has 1 unspecified atom stereocenters. The van der Waals surface area contributed by atoms with Crippen molar-refractivity contribution in [2.45, 2.75) is 13.0 Å². The molecule has 122 valence electrons. The highest BCUT2D eigenvalue weighted by molar-refractivity contribution is 5.92. The summed E-state index contributed by atoms with van der Waals surface area (Å²) in [4.78, 5) is 14.0. The van der Waals surface area contributed by atoms with Crippen LogP contribution in [0, 0.1) is 5.82 Å². The number of benzene rings is 2. The van der Waals surface area contributed by atoms with Gasteiger partial charge in [-0.15, -0.1) is 0 Å². The van der Waals surface area contributed by atoms with Gasteiger partial charge in [0.1, 0.15) is 11.6 Å². The number of nitrogens with one attached hydrogen (secondary N) is 1. The molecule has 0 saturated heterocycles. The minimum Gasteiger partial charge on any atom is -0.497 e. The van der Waals surface area contributed by atoms with Gasteiger partial charge >= 0.3 is 0 Å². The summed E-state index contributed by atoms with van der Waals surface area (Å²) in [6, 6.07) is 13.5. The van der Waals surface area contributed by atoms with E-state index in [1.165, 1.54) is 12.1 Å². The Morgan fingerprint density at radius 1 is 1.17 bits per heavy atom. The van der Waals surface area contributed by atoms with Gasteiger partial charge in [-0.25, -0.2) is 4.39 Å². The number of amides is 1. The van der Waals surface area contributed by atoms with Crippen molar-refractivity contribution in [1.29, 1.82) is 0 Å². The second-order valence-corrected chi connectivity index (χ2v) is 5.42. The molecule has 0 aliphatic rings. The molecular formula is C18H21FN2O2. The van der Waals surface area contributed by atoms with Gasteiger partial charge in [-0.2, -0.15) is 0 Å². The van der Waals surface area contributed by atoms with E-state index in [4.69, 9.17) is 4.74 Å². The second-order valence-electron chi connectivity index (χ2n) is 5.42. The predicted octanol–water partition coefficient (Wildman–Crippen LogP) is 3.47. The van der Waals surface area contributed by atoms with E-state index >= 15 is 0 Å². The molecule has 0 radical (unpaired) electrons. The van der Waals surface area contributed by atoms with Crippen LogP contribution in [-0.2, 0) is 4.79 Å². The molecule has 0 bridgehead atoms. The summed E-state index contributed by atoms with van der Waals surface area (Å²) in [5.74, 6) is 0.373. The van der Waals surface area contributed by atoms with Gasteiger partial charge in [-0.05, 0) is 55.9 Å². The lowest BCUT2D eigenvalue weighted by molar-refractivity contribution is -0.117. The van der Waals surface area contributed by atoms with E-state index in [0.29, 0.717) is 0 Å². The van der Waals surface area contributed by atoms with Crippen LogP contribution in [0.3, 0.4) is 0 Å². The molecule has 4 nitrogen and oxygen atoms in total. The third-order valence-corrected chi connectivity index (χ3v) is 3.78. The monoisotopic (exact) mass is 316 g/mol. The van der Waals surface area contributed by atoms with E-state index < -0.39 is 0 Å². The first kappa shape index (κ1) is 17.0. The summed E-state index contributed by atoms with van der Waals surface area (Å²) in [5, 5.41) is 2.84. The summed E-state index contributed by atoms with van der Waals surface area (Å²) >= 11 is 0. The zero-order valence-corrected chi connectivity index (χ0v) is 13.5. The van der Waals surface area contributed by atoms with Crippen LogP contribution in [-0.4, -0.2) is 31.5 Å². The summed E-state index contributed by atoms with van der Waals surface area (Å²) in [5.41, 5.74) is 1.68. The van der Waals surface area contributed by atoms with Crippen LogP contribution >= 0.6 is 0 Å². The van der Waals surface area contributed by atoms with Crippen molar-refractivity contribution in [1.82, 2.24) is 4.90 Å². The molecule has 0 aliphatic carbocycles. The number of hydrogen-bond acceptors (Lipinski definition) is 3. The average molecular weight is 316 g/mol. The number of carbonyl (C=O) groups excluding carboxylic acids is 1. The van der Waals surface area contributed by atoms with Crippen LogP contribution in [0.1, 0.15) is 18.5 Å². The summed E-state index contributed by atoms with van der Waals surface area (Å²) in [7, 11) is 3.46. The zero-order valence-electron chi connectivity index (χ0n) is 13.5. The molecule has 1 N–H and O–H groups in total. The number of hydrogen-bond donors (Lipinski definition) is 1. The summed E-state index contributed by atoms with van der Waals surface area (Å²) < 4.78 is 18.1. The minimum atomic E-state index is -0.263. The van der Waals surface area contributed by atoms with Crippen LogP contribution < -0.4 is 10.1 Å². The Kier molecular flexibility index (Phi) is 5.71. The molecule has 23 heavy (non-hydrogen) atoms. The molecule has 1 amide bonds. The fourth-order valence-electron chi connectivity index (χ4n) is 2.23. The quantitative estimate of drug-likeness (QED) is 0.887. The van der Waals surface area contributed by atoms with E-state index in [1.54, 1.807) is 43.5 Å². The van der Waals surface area contributed by atoms with Crippen LogP contribution in [0.5, 0.6) is 5.75 Å². The summed E-state index contributed by atoms with van der Waals surface area (Å²) in [6.07, 6.45) is 0. The predicted molar refractivity (Wildman–Crippen MR) is 89.1 cm³/mol. The lowest BCUT2D eigenvalue weighted by atomic mass is 10.1. The van der Waals surface area contributed by atoms with Crippen molar-refractivity contribution < 1.29 is 13.9 Å². The first-order chi connectivity index (χ1) is 11.0. The number of rotatable bonds is 6. The Balaban J connectivity index is 1.91. The highest BCUT2D eigenvalue weighted by Crippen LogP contribution is 2.19. The summed E-state index contributed by atoms with van der Waals surface area (Å²) in [6.45, 7) is 2.22. The van der Waals surface area contributed by atoms with Crippen molar-refractivity contribution in [2.24, 2.45) is 0 Å². The molecule has 0 spiro atoms. The number of methoxy groups -OCH3 is 1. The van der Waals surface area contributed by atoms with Crippen molar-refractivity contribution in [3.05, 3.63) is 59.9 Å². The standard InChI is InChI=1S/C18H21FN2O2/c1-13(14-4-6-15(19)7-5-14)21(2)12-18(22)20-16-8-10-17(23-3)11-9-16/h4-11,13H,12H2,1-3H3,(H,20,22). The van der Waals surface area contributed by atoms with Crippen LogP contribution in [0.2, 0.25) is 0 Å². The van der Waals surface area contributed by atoms with Gasteiger partial charge in [0, 0.05) is 11.7 Å². The largest absolute Gasteiger partial charge is 0.497 e. The van der Waals surface area contributed by atoms with Gasteiger partial charge in [0.05, 0.1) is 13.7 Å². The van der Waals surface area contributed by atoms with Gasteiger partial charge in [0.2, 0.25) is 5.91 Å². The van der Waals surface area contributed by atoms with Gasteiger partial charge in [-0.3, -0.25) is 9.69 Å². The van der Waals surface area contributed by atoms with Crippen LogP contribution in [0.4, 0.5) is 10.1 Å². The maximum atomic E-state index is 13.0. The van der Waals surface area contributed by atoms with E-state index in [9.17, 15) is 9.18 Å². The third-order valence-electron chi connectivity index (χ3n) is 3.78. The highest BCUT2D eigenvalue weighted by Gasteiger charge is 2.15. The maximum absolute atomic E-state index is 13.0. The molecule has 0 fully saturated rings. The van der Waals surface area contributed by atoms with Gasteiger partial charge < -0.3 is 10.1 Å². The molecule has 2 aromatic rings. The Bertz CT molecular complexity index is 641. The number of carbonyl (C=O) groups is 1. The normalized spacial score (nSPS) is 12.0. The fraction of sp³-hybridized carbons (Fsp3) is 0.278. The Hall–Kier alpha value is -2.40. The maximum Gasteiger partial charge on any atom is 0.238 e.